The number of carbonyl (C=O) groups excluding carboxylic acids is 2. The standard InChI is InChI=1S/C12H21N3O3/c1-2-18-11(16)9-7-5-3-4-6-8-10(9)14-15-12(13)17/h9H,2-8H2,1H3,(H3,13,15,17)/b14-10+. The second kappa shape index (κ2) is 7.68. The minimum absolute atomic E-state index is 0.260. The van der Waals surface area contributed by atoms with E-state index >= 15 is 0 Å². The lowest BCUT2D eigenvalue weighted by Gasteiger charge is -2.20. The molecule has 3 N–H and O–H groups in total. The van der Waals surface area contributed by atoms with Crippen LogP contribution in [0.25, 0.3) is 0 Å². The van der Waals surface area contributed by atoms with Crippen LogP contribution < -0.4 is 11.2 Å². The maximum atomic E-state index is 11.9. The first-order valence-electron chi connectivity index (χ1n) is 6.43. The normalized spacial score (nSPS) is 22.9. The fourth-order valence-corrected chi connectivity index (χ4v) is 2.11. The Morgan fingerprint density at radius 1 is 1.39 bits per heavy atom. The Bertz CT molecular complexity index is 329. The highest BCUT2D eigenvalue weighted by atomic mass is 16.5. The van der Waals surface area contributed by atoms with Gasteiger partial charge >= 0.3 is 12.0 Å². The van der Waals surface area contributed by atoms with Gasteiger partial charge in [0, 0.05) is 0 Å². The number of rotatable bonds is 3. The van der Waals surface area contributed by atoms with Gasteiger partial charge < -0.3 is 10.5 Å². The molecule has 1 atom stereocenters. The summed E-state index contributed by atoms with van der Waals surface area (Å²) in [7, 11) is 0. The van der Waals surface area contributed by atoms with Gasteiger partial charge in [-0.25, -0.2) is 10.2 Å². The van der Waals surface area contributed by atoms with Crippen LogP contribution in [0.5, 0.6) is 0 Å². The molecule has 0 bridgehead atoms. The summed E-state index contributed by atoms with van der Waals surface area (Å²) < 4.78 is 5.05. The lowest BCUT2D eigenvalue weighted by molar-refractivity contribution is -0.145. The molecule has 0 aromatic carbocycles. The molecule has 1 unspecified atom stereocenters. The second-order valence-corrected chi connectivity index (χ2v) is 4.34. The number of amides is 2. The average molecular weight is 255 g/mol. The highest BCUT2D eigenvalue weighted by Crippen LogP contribution is 2.21. The third-order valence-corrected chi connectivity index (χ3v) is 2.96. The Morgan fingerprint density at radius 2 is 2.11 bits per heavy atom. The summed E-state index contributed by atoms with van der Waals surface area (Å²) in [4.78, 5) is 22.6. The molecule has 1 rings (SSSR count). The van der Waals surface area contributed by atoms with Crippen molar-refractivity contribution >= 4 is 17.7 Å². The number of urea groups is 1. The maximum absolute atomic E-state index is 11.9. The molecule has 1 aliphatic rings. The third-order valence-electron chi connectivity index (χ3n) is 2.96. The molecule has 0 aliphatic heterocycles. The predicted molar refractivity (Wildman–Crippen MR) is 68.0 cm³/mol. The zero-order valence-corrected chi connectivity index (χ0v) is 10.8. The predicted octanol–water partition coefficient (Wildman–Crippen LogP) is 1.54. The Hall–Kier alpha value is -1.59. The van der Waals surface area contributed by atoms with E-state index in [9.17, 15) is 9.59 Å². The summed E-state index contributed by atoms with van der Waals surface area (Å²) in [5, 5.41) is 3.96. The van der Waals surface area contributed by atoms with E-state index in [2.05, 4.69) is 10.5 Å². The molecule has 102 valence electrons. The summed E-state index contributed by atoms with van der Waals surface area (Å²) in [5.41, 5.74) is 7.87. The minimum atomic E-state index is -0.716. The van der Waals surface area contributed by atoms with Gasteiger partial charge in [-0.1, -0.05) is 19.3 Å². The molecule has 6 heteroatoms. The molecule has 0 aromatic heterocycles. The van der Waals surface area contributed by atoms with Crippen LogP contribution in [-0.2, 0) is 9.53 Å². The Morgan fingerprint density at radius 3 is 2.78 bits per heavy atom. The molecule has 0 heterocycles. The van der Waals surface area contributed by atoms with Gasteiger partial charge in [0.05, 0.1) is 18.2 Å². The van der Waals surface area contributed by atoms with E-state index in [-0.39, 0.29) is 11.9 Å². The lowest BCUT2D eigenvalue weighted by Crippen LogP contribution is -2.32. The van der Waals surface area contributed by atoms with Crippen LogP contribution in [0.3, 0.4) is 0 Å². The van der Waals surface area contributed by atoms with Crippen molar-refractivity contribution in [1.82, 2.24) is 5.43 Å². The number of ether oxygens (including phenoxy) is 1. The van der Waals surface area contributed by atoms with Crippen LogP contribution in [-0.4, -0.2) is 24.3 Å². The number of primary amides is 1. The Balaban J connectivity index is 2.77. The zero-order chi connectivity index (χ0) is 13.4. The molecule has 2 amide bonds. The van der Waals surface area contributed by atoms with E-state index in [1.807, 2.05) is 0 Å². The van der Waals surface area contributed by atoms with Crippen LogP contribution in [0.15, 0.2) is 5.10 Å². The summed E-state index contributed by atoms with van der Waals surface area (Å²) in [6, 6.07) is -0.716. The number of nitrogens with zero attached hydrogens (tertiary/aromatic N) is 1. The fourth-order valence-electron chi connectivity index (χ4n) is 2.11. The highest BCUT2D eigenvalue weighted by molar-refractivity contribution is 6.02. The second-order valence-electron chi connectivity index (χ2n) is 4.34. The van der Waals surface area contributed by atoms with Crippen LogP contribution in [0, 0.1) is 5.92 Å². The number of nitrogens with one attached hydrogen (secondary N) is 1. The lowest BCUT2D eigenvalue weighted by atomic mass is 9.89. The zero-order valence-electron chi connectivity index (χ0n) is 10.8. The quantitative estimate of drug-likeness (QED) is 0.591. The number of hydrazone groups is 1. The van der Waals surface area contributed by atoms with Gasteiger partial charge in [-0.3, -0.25) is 4.79 Å². The first kappa shape index (κ1) is 14.5. The van der Waals surface area contributed by atoms with Crippen molar-refractivity contribution in [2.45, 2.75) is 45.4 Å². The molecular weight excluding hydrogens is 234 g/mol. The van der Waals surface area contributed by atoms with Crippen molar-refractivity contribution in [3.05, 3.63) is 0 Å². The van der Waals surface area contributed by atoms with E-state index in [1.165, 1.54) is 0 Å². The van der Waals surface area contributed by atoms with Crippen molar-refractivity contribution in [3.8, 4) is 0 Å². The third kappa shape index (κ3) is 4.73. The van der Waals surface area contributed by atoms with Gasteiger partial charge in [-0.15, -0.1) is 0 Å². The van der Waals surface area contributed by atoms with E-state index in [0.717, 1.165) is 32.1 Å². The van der Waals surface area contributed by atoms with Gasteiger partial charge in [0.25, 0.3) is 0 Å². The van der Waals surface area contributed by atoms with Crippen molar-refractivity contribution in [3.63, 3.8) is 0 Å². The number of esters is 1. The number of hydrogen-bond acceptors (Lipinski definition) is 4. The van der Waals surface area contributed by atoms with Crippen LogP contribution in [0.4, 0.5) is 4.79 Å². The fraction of sp³-hybridized carbons (Fsp3) is 0.750. The molecule has 18 heavy (non-hydrogen) atoms. The first-order chi connectivity index (χ1) is 8.65. The van der Waals surface area contributed by atoms with E-state index in [1.54, 1.807) is 6.92 Å². The first-order valence-corrected chi connectivity index (χ1v) is 6.43. The molecule has 1 aliphatic carbocycles. The molecule has 1 saturated carbocycles. The van der Waals surface area contributed by atoms with Gasteiger partial charge in [0.15, 0.2) is 0 Å². The summed E-state index contributed by atoms with van der Waals surface area (Å²) >= 11 is 0. The van der Waals surface area contributed by atoms with Crippen molar-refractivity contribution in [2.75, 3.05) is 6.61 Å². The van der Waals surface area contributed by atoms with Crippen LogP contribution in [0.2, 0.25) is 0 Å². The molecule has 6 nitrogen and oxygen atoms in total. The largest absolute Gasteiger partial charge is 0.465 e. The number of nitrogens with two attached hydrogens (primary N) is 1. The van der Waals surface area contributed by atoms with Crippen molar-refractivity contribution in [2.24, 2.45) is 16.8 Å². The van der Waals surface area contributed by atoms with Crippen LogP contribution in [0.1, 0.15) is 45.4 Å². The smallest absolute Gasteiger partial charge is 0.332 e. The topological polar surface area (TPSA) is 93.8 Å². The van der Waals surface area contributed by atoms with Gasteiger partial charge in [-0.05, 0) is 26.2 Å². The SMILES string of the molecule is CCOC(=O)C1CCCCCC/C1=N\NC(N)=O. The average Bonchev–Trinajstić information content (AvgIpc) is 2.27. The summed E-state index contributed by atoms with van der Waals surface area (Å²) in [5.74, 6) is -0.610. The van der Waals surface area contributed by atoms with Gasteiger partial charge in [-0.2, -0.15) is 5.10 Å². The summed E-state index contributed by atoms with van der Waals surface area (Å²) in [6.45, 7) is 2.13. The van der Waals surface area contributed by atoms with Crippen molar-refractivity contribution < 1.29 is 14.3 Å². The Kier molecular flexibility index (Phi) is 6.18. The number of hydrogen-bond donors (Lipinski definition) is 2. The van der Waals surface area contributed by atoms with E-state index < -0.39 is 6.03 Å². The highest BCUT2D eigenvalue weighted by Gasteiger charge is 2.26. The van der Waals surface area contributed by atoms with Gasteiger partial charge in [0.2, 0.25) is 0 Å². The van der Waals surface area contributed by atoms with Crippen molar-refractivity contribution in [1.29, 1.82) is 0 Å². The van der Waals surface area contributed by atoms with E-state index in [0.29, 0.717) is 18.7 Å². The number of carbonyl (C=O) groups is 2. The molecule has 1 fully saturated rings. The Labute approximate surface area is 107 Å². The molecule has 0 saturated heterocycles. The molecular formula is C12H21N3O3. The maximum Gasteiger partial charge on any atom is 0.332 e. The summed E-state index contributed by atoms with van der Waals surface area (Å²) in [6.07, 6.45) is 5.59. The monoisotopic (exact) mass is 255 g/mol. The van der Waals surface area contributed by atoms with E-state index in [4.69, 9.17) is 10.5 Å². The van der Waals surface area contributed by atoms with Crippen LogP contribution >= 0.6 is 0 Å². The minimum Gasteiger partial charge on any atom is -0.465 e. The molecule has 0 aromatic rings. The molecule has 0 radical (unpaired) electrons. The molecule has 0 spiro atoms. The van der Waals surface area contributed by atoms with Gasteiger partial charge in [0.1, 0.15) is 0 Å².